The largest absolute Gasteiger partial charge is 0.393 e. The minimum Gasteiger partial charge on any atom is -0.393 e. The van der Waals surface area contributed by atoms with E-state index >= 15 is 0 Å². The van der Waals surface area contributed by atoms with Gasteiger partial charge in [0.25, 0.3) is 0 Å². The van der Waals surface area contributed by atoms with Crippen LogP contribution in [0.4, 0.5) is 0 Å². The molecular formula is C29H50N2O. The van der Waals surface area contributed by atoms with Gasteiger partial charge in [-0.1, -0.05) is 32.4 Å². The topological polar surface area (TPSA) is 26.7 Å². The van der Waals surface area contributed by atoms with Gasteiger partial charge in [-0.25, -0.2) is 0 Å². The first-order valence-electron chi connectivity index (χ1n) is 14.0. The molecule has 182 valence electrons. The molecule has 5 rings (SSSR count). The summed E-state index contributed by atoms with van der Waals surface area (Å²) in [5.41, 5.74) is 2.55. The van der Waals surface area contributed by atoms with Gasteiger partial charge in [0.1, 0.15) is 0 Å². The Morgan fingerprint density at radius 3 is 2.50 bits per heavy atom. The van der Waals surface area contributed by atoms with E-state index in [1.54, 1.807) is 5.57 Å². The van der Waals surface area contributed by atoms with Crippen LogP contribution in [0.25, 0.3) is 0 Å². The Bertz CT molecular complexity index is 710. The highest BCUT2D eigenvalue weighted by Crippen LogP contribution is 2.67. The lowest BCUT2D eigenvalue weighted by molar-refractivity contribution is -0.0590. The molecule has 1 heterocycles. The first-order valence-corrected chi connectivity index (χ1v) is 14.0. The molecule has 0 aromatic carbocycles. The number of aliphatic hydroxyl groups is 1. The molecule has 3 unspecified atom stereocenters. The molecule has 0 radical (unpaired) electrons. The molecule has 1 N–H and O–H groups in total. The standard InChI is InChI=1S/C29H50N2O/c1-20(19-31-16-12-22(13-17-31)30(4)5)25-8-9-26-24-7-6-21-18-23(32)10-14-28(21,2)27(24)11-15-29(25,26)3/h6,20,22-27,32H,7-19H2,1-5H3/t20-,23+,24?,25-,26?,27?,28+,29-/m1/s1. The Balaban J connectivity index is 1.26. The van der Waals surface area contributed by atoms with Crippen molar-refractivity contribution in [1.82, 2.24) is 9.80 Å². The van der Waals surface area contributed by atoms with E-state index in [4.69, 9.17) is 0 Å². The van der Waals surface area contributed by atoms with E-state index in [-0.39, 0.29) is 6.10 Å². The highest BCUT2D eigenvalue weighted by Gasteiger charge is 2.59. The summed E-state index contributed by atoms with van der Waals surface area (Å²) in [6, 6.07) is 0.789. The molecule has 0 amide bonds. The van der Waals surface area contributed by atoms with Crippen LogP contribution < -0.4 is 0 Å². The molecule has 1 aliphatic heterocycles. The van der Waals surface area contributed by atoms with E-state index in [2.05, 4.69) is 50.7 Å². The van der Waals surface area contributed by atoms with Gasteiger partial charge in [0.15, 0.2) is 0 Å². The third-order valence-corrected chi connectivity index (χ3v) is 11.7. The van der Waals surface area contributed by atoms with Gasteiger partial charge in [0.2, 0.25) is 0 Å². The zero-order valence-corrected chi connectivity index (χ0v) is 21.7. The molecule has 0 aromatic rings. The van der Waals surface area contributed by atoms with Gasteiger partial charge in [0.05, 0.1) is 6.10 Å². The molecule has 5 aliphatic rings. The molecule has 4 aliphatic carbocycles. The van der Waals surface area contributed by atoms with E-state index < -0.39 is 0 Å². The maximum Gasteiger partial charge on any atom is 0.0577 e. The number of likely N-dealkylation sites (tertiary alicyclic amines) is 1. The molecular weight excluding hydrogens is 392 g/mol. The fourth-order valence-corrected chi connectivity index (χ4v) is 9.77. The lowest BCUT2D eigenvalue weighted by Gasteiger charge is -2.58. The van der Waals surface area contributed by atoms with E-state index in [0.29, 0.717) is 10.8 Å². The van der Waals surface area contributed by atoms with E-state index in [0.717, 1.165) is 48.5 Å². The summed E-state index contributed by atoms with van der Waals surface area (Å²) in [4.78, 5) is 5.22. The maximum absolute atomic E-state index is 10.3. The maximum atomic E-state index is 10.3. The number of hydrogen-bond acceptors (Lipinski definition) is 3. The van der Waals surface area contributed by atoms with Crippen LogP contribution in [0.3, 0.4) is 0 Å². The molecule has 1 saturated heterocycles. The van der Waals surface area contributed by atoms with Crippen molar-refractivity contribution in [2.24, 2.45) is 40.4 Å². The van der Waals surface area contributed by atoms with Crippen molar-refractivity contribution >= 4 is 0 Å². The second kappa shape index (κ2) is 8.68. The third kappa shape index (κ3) is 3.83. The summed E-state index contributed by atoms with van der Waals surface area (Å²) in [5, 5.41) is 10.3. The second-order valence-electron chi connectivity index (χ2n) is 13.4. The Kier molecular flexibility index (Phi) is 6.34. The van der Waals surface area contributed by atoms with Crippen LogP contribution in [0.2, 0.25) is 0 Å². The predicted octanol–water partition coefficient (Wildman–Crippen LogP) is 5.59. The molecule has 4 fully saturated rings. The average Bonchev–Trinajstić information content (AvgIpc) is 3.12. The molecule has 3 nitrogen and oxygen atoms in total. The summed E-state index contributed by atoms with van der Waals surface area (Å²) < 4.78 is 0. The van der Waals surface area contributed by atoms with E-state index in [1.807, 2.05) is 0 Å². The first-order chi connectivity index (χ1) is 15.2. The highest BCUT2D eigenvalue weighted by atomic mass is 16.3. The fraction of sp³-hybridized carbons (Fsp3) is 0.931. The smallest absolute Gasteiger partial charge is 0.0577 e. The van der Waals surface area contributed by atoms with Gasteiger partial charge >= 0.3 is 0 Å². The number of rotatable bonds is 4. The molecule has 0 spiro atoms. The van der Waals surface area contributed by atoms with Crippen molar-refractivity contribution < 1.29 is 5.11 Å². The quantitative estimate of drug-likeness (QED) is 0.575. The lowest BCUT2D eigenvalue weighted by atomic mass is 9.47. The zero-order valence-electron chi connectivity index (χ0n) is 21.7. The fourth-order valence-electron chi connectivity index (χ4n) is 9.77. The summed E-state index contributed by atoms with van der Waals surface area (Å²) in [5.74, 6) is 4.42. The van der Waals surface area contributed by atoms with Crippen molar-refractivity contribution in [2.45, 2.75) is 97.1 Å². The summed E-state index contributed by atoms with van der Waals surface area (Å²) in [6.07, 6.45) is 15.5. The van der Waals surface area contributed by atoms with Crippen LogP contribution in [0.5, 0.6) is 0 Å². The van der Waals surface area contributed by atoms with Gasteiger partial charge in [-0.05, 0) is 132 Å². The van der Waals surface area contributed by atoms with Crippen molar-refractivity contribution in [2.75, 3.05) is 33.7 Å². The molecule has 32 heavy (non-hydrogen) atoms. The van der Waals surface area contributed by atoms with Crippen molar-refractivity contribution in [1.29, 1.82) is 0 Å². The molecule has 8 atom stereocenters. The number of piperidine rings is 1. The summed E-state index contributed by atoms with van der Waals surface area (Å²) >= 11 is 0. The number of allylic oxidation sites excluding steroid dienone is 1. The number of hydrogen-bond donors (Lipinski definition) is 1. The van der Waals surface area contributed by atoms with Crippen molar-refractivity contribution in [3.8, 4) is 0 Å². The van der Waals surface area contributed by atoms with Gasteiger partial charge in [0, 0.05) is 12.6 Å². The Morgan fingerprint density at radius 1 is 1.03 bits per heavy atom. The monoisotopic (exact) mass is 442 g/mol. The molecule has 3 heteroatoms. The second-order valence-corrected chi connectivity index (χ2v) is 13.4. The minimum absolute atomic E-state index is 0.0840. The zero-order chi connectivity index (χ0) is 22.7. The van der Waals surface area contributed by atoms with Crippen LogP contribution in [0.1, 0.15) is 85.0 Å². The van der Waals surface area contributed by atoms with Gasteiger partial charge in [-0.15, -0.1) is 0 Å². The van der Waals surface area contributed by atoms with Crippen LogP contribution in [-0.2, 0) is 0 Å². The van der Waals surface area contributed by atoms with E-state index in [1.165, 1.54) is 71.0 Å². The Hall–Kier alpha value is -0.380. The summed E-state index contributed by atoms with van der Waals surface area (Å²) in [7, 11) is 4.50. The third-order valence-electron chi connectivity index (χ3n) is 11.7. The van der Waals surface area contributed by atoms with Crippen molar-refractivity contribution in [3.05, 3.63) is 11.6 Å². The van der Waals surface area contributed by atoms with Gasteiger partial charge in [-0.3, -0.25) is 0 Å². The van der Waals surface area contributed by atoms with Crippen LogP contribution >= 0.6 is 0 Å². The molecule has 0 aromatic heterocycles. The highest BCUT2D eigenvalue weighted by molar-refractivity contribution is 5.25. The lowest BCUT2D eigenvalue weighted by Crippen LogP contribution is -2.51. The van der Waals surface area contributed by atoms with Crippen molar-refractivity contribution in [3.63, 3.8) is 0 Å². The minimum atomic E-state index is -0.0840. The van der Waals surface area contributed by atoms with E-state index in [9.17, 15) is 5.11 Å². The van der Waals surface area contributed by atoms with Crippen LogP contribution in [-0.4, -0.2) is 60.8 Å². The van der Waals surface area contributed by atoms with Gasteiger partial charge in [-0.2, -0.15) is 0 Å². The van der Waals surface area contributed by atoms with Crippen LogP contribution in [0, 0.1) is 40.4 Å². The Labute approximate surface area is 198 Å². The average molecular weight is 443 g/mol. The summed E-state index contributed by atoms with van der Waals surface area (Å²) in [6.45, 7) is 11.8. The molecule has 3 saturated carbocycles. The SMILES string of the molecule is C[C@H](CN1CCC(N(C)C)CC1)[C@H]1CCC2C3CC=C4C[C@@H](O)CC[C@]4(C)C3CC[C@@]21C. The predicted molar refractivity (Wildman–Crippen MR) is 134 cm³/mol. The first kappa shape index (κ1) is 23.4. The van der Waals surface area contributed by atoms with Gasteiger partial charge < -0.3 is 14.9 Å². The Morgan fingerprint density at radius 2 is 1.78 bits per heavy atom. The molecule has 0 bridgehead atoms. The normalized spacial score (nSPS) is 46.3. The van der Waals surface area contributed by atoms with Crippen LogP contribution in [0.15, 0.2) is 11.6 Å². The number of aliphatic hydroxyl groups excluding tert-OH is 1. The number of nitrogens with zero attached hydrogens (tertiary/aromatic N) is 2. The number of fused-ring (bicyclic) bond motifs is 5.